The number of hydrogen-bond donors (Lipinski definition) is 0. The number of hydrogen-bond acceptors (Lipinski definition) is 1. The van der Waals surface area contributed by atoms with Gasteiger partial charge in [0.2, 0.25) is 0 Å². The fraction of sp³-hybridized carbons (Fsp3) is 0.333. The monoisotopic (exact) mass is 230 g/mol. The molecule has 0 saturated heterocycles. The van der Waals surface area contributed by atoms with Crippen molar-refractivity contribution in [2.45, 2.75) is 18.7 Å². The maximum Gasteiger partial charge on any atom is 0.0207 e. The molecule has 0 atom stereocenters. The maximum absolute atomic E-state index is 3.50. The van der Waals surface area contributed by atoms with E-state index in [1.807, 2.05) is 0 Å². The van der Waals surface area contributed by atoms with Gasteiger partial charge in [0.1, 0.15) is 0 Å². The average molecular weight is 231 g/mol. The van der Waals surface area contributed by atoms with Gasteiger partial charge in [-0.05, 0) is 43.4 Å². The van der Waals surface area contributed by atoms with Crippen molar-refractivity contribution in [1.82, 2.24) is 0 Å². The molecule has 0 nitrogen and oxygen atoms in total. The molecule has 0 aromatic heterocycles. The van der Waals surface area contributed by atoms with E-state index in [2.05, 4.69) is 48.2 Å². The molecule has 0 amide bonds. The molecule has 0 radical (unpaired) electrons. The van der Waals surface area contributed by atoms with Gasteiger partial charge in [-0.1, -0.05) is 15.9 Å². The molecule has 0 heterocycles. The lowest BCUT2D eigenvalue weighted by molar-refractivity contribution is 1.24. The van der Waals surface area contributed by atoms with Crippen LogP contribution in [0.1, 0.15) is 11.1 Å². The number of rotatable bonds is 1. The number of benzene rings is 1. The topological polar surface area (TPSA) is 0 Å². The van der Waals surface area contributed by atoms with Crippen molar-refractivity contribution in [3.63, 3.8) is 0 Å². The third-order valence-corrected chi connectivity index (χ3v) is 3.41. The van der Waals surface area contributed by atoms with E-state index >= 15 is 0 Å². The standard InChI is InChI=1S/C9H11BrS/c1-6-5-9(11-3)7(2)4-8(6)10/h4-5H,1-3H3. The average Bonchev–Trinajstić information content (AvgIpc) is 1.97. The van der Waals surface area contributed by atoms with Crippen LogP contribution in [-0.2, 0) is 0 Å². The molecular weight excluding hydrogens is 220 g/mol. The van der Waals surface area contributed by atoms with Crippen LogP contribution in [0.15, 0.2) is 21.5 Å². The van der Waals surface area contributed by atoms with Crippen LogP contribution in [0.4, 0.5) is 0 Å². The van der Waals surface area contributed by atoms with Gasteiger partial charge in [0, 0.05) is 9.37 Å². The van der Waals surface area contributed by atoms with E-state index in [0.29, 0.717) is 0 Å². The zero-order valence-electron chi connectivity index (χ0n) is 6.94. The van der Waals surface area contributed by atoms with E-state index in [4.69, 9.17) is 0 Å². The zero-order valence-corrected chi connectivity index (χ0v) is 9.34. The molecule has 1 aromatic rings. The Morgan fingerprint density at radius 3 is 2.36 bits per heavy atom. The number of halogens is 1. The predicted molar refractivity (Wildman–Crippen MR) is 55.4 cm³/mol. The van der Waals surface area contributed by atoms with Crippen LogP contribution >= 0.6 is 27.7 Å². The summed E-state index contributed by atoms with van der Waals surface area (Å²) in [7, 11) is 0. The first-order chi connectivity index (χ1) is 5.15. The molecule has 0 spiro atoms. The van der Waals surface area contributed by atoms with Crippen molar-refractivity contribution in [3.05, 3.63) is 27.7 Å². The summed E-state index contributed by atoms with van der Waals surface area (Å²) in [5, 5.41) is 0. The highest BCUT2D eigenvalue weighted by Gasteiger charge is 2.00. The Bertz CT molecular complexity index is 269. The summed E-state index contributed by atoms with van der Waals surface area (Å²) in [6.07, 6.45) is 2.11. The molecule has 1 aromatic carbocycles. The van der Waals surface area contributed by atoms with E-state index in [1.165, 1.54) is 20.5 Å². The second-order valence-corrected chi connectivity index (χ2v) is 4.27. The van der Waals surface area contributed by atoms with Crippen LogP contribution in [-0.4, -0.2) is 6.26 Å². The summed E-state index contributed by atoms with van der Waals surface area (Å²) in [5.41, 5.74) is 2.65. The molecule has 0 aliphatic heterocycles. The molecule has 0 unspecified atom stereocenters. The van der Waals surface area contributed by atoms with Gasteiger partial charge >= 0.3 is 0 Å². The Morgan fingerprint density at radius 1 is 1.18 bits per heavy atom. The smallest absolute Gasteiger partial charge is 0.0207 e. The summed E-state index contributed by atoms with van der Waals surface area (Å²) in [5.74, 6) is 0. The highest BCUT2D eigenvalue weighted by atomic mass is 79.9. The first-order valence-electron chi connectivity index (χ1n) is 3.46. The maximum atomic E-state index is 3.50. The molecular formula is C9H11BrS. The second kappa shape index (κ2) is 3.63. The lowest BCUT2D eigenvalue weighted by Gasteiger charge is -2.05. The van der Waals surface area contributed by atoms with Crippen molar-refractivity contribution in [2.75, 3.05) is 6.26 Å². The highest BCUT2D eigenvalue weighted by Crippen LogP contribution is 2.26. The molecule has 60 valence electrons. The molecule has 0 aliphatic rings. The van der Waals surface area contributed by atoms with Crippen LogP contribution in [0.3, 0.4) is 0 Å². The van der Waals surface area contributed by atoms with E-state index in [0.717, 1.165) is 0 Å². The SMILES string of the molecule is CSc1cc(C)c(Br)cc1C. The Balaban J connectivity index is 3.21. The molecule has 11 heavy (non-hydrogen) atoms. The zero-order chi connectivity index (χ0) is 8.43. The molecule has 0 aliphatic carbocycles. The normalized spacial score (nSPS) is 10.2. The summed E-state index contributed by atoms with van der Waals surface area (Å²) < 4.78 is 1.20. The molecule has 0 N–H and O–H groups in total. The van der Waals surface area contributed by atoms with Crippen molar-refractivity contribution in [3.8, 4) is 0 Å². The van der Waals surface area contributed by atoms with Gasteiger partial charge in [-0.15, -0.1) is 11.8 Å². The van der Waals surface area contributed by atoms with Crippen molar-refractivity contribution in [1.29, 1.82) is 0 Å². The second-order valence-electron chi connectivity index (χ2n) is 2.57. The molecule has 1 rings (SSSR count). The van der Waals surface area contributed by atoms with E-state index in [1.54, 1.807) is 11.8 Å². The largest absolute Gasteiger partial charge is 0.129 e. The fourth-order valence-electron chi connectivity index (χ4n) is 0.974. The molecule has 0 fully saturated rings. The Labute approximate surface area is 80.5 Å². The van der Waals surface area contributed by atoms with Crippen molar-refractivity contribution in [2.24, 2.45) is 0 Å². The Kier molecular flexibility index (Phi) is 3.02. The third-order valence-electron chi connectivity index (χ3n) is 1.68. The van der Waals surface area contributed by atoms with Crippen LogP contribution in [0.5, 0.6) is 0 Å². The van der Waals surface area contributed by atoms with Crippen molar-refractivity contribution >= 4 is 27.7 Å². The summed E-state index contributed by atoms with van der Waals surface area (Å²) in [6.45, 7) is 4.25. The van der Waals surface area contributed by atoms with Gasteiger partial charge < -0.3 is 0 Å². The van der Waals surface area contributed by atoms with E-state index in [-0.39, 0.29) is 0 Å². The number of thioether (sulfide) groups is 1. The van der Waals surface area contributed by atoms with E-state index in [9.17, 15) is 0 Å². The van der Waals surface area contributed by atoms with Crippen LogP contribution in [0, 0.1) is 13.8 Å². The van der Waals surface area contributed by atoms with Crippen LogP contribution in [0.25, 0.3) is 0 Å². The predicted octanol–water partition coefficient (Wildman–Crippen LogP) is 3.79. The van der Waals surface area contributed by atoms with Gasteiger partial charge in [-0.25, -0.2) is 0 Å². The molecule has 2 heteroatoms. The van der Waals surface area contributed by atoms with E-state index < -0.39 is 0 Å². The third kappa shape index (κ3) is 2.00. The lowest BCUT2D eigenvalue weighted by Crippen LogP contribution is -1.82. The Hall–Kier alpha value is 0.0500. The summed E-state index contributed by atoms with van der Waals surface area (Å²) in [4.78, 5) is 1.37. The summed E-state index contributed by atoms with van der Waals surface area (Å²) in [6, 6.07) is 4.38. The summed E-state index contributed by atoms with van der Waals surface area (Å²) >= 11 is 5.30. The Morgan fingerprint density at radius 2 is 1.82 bits per heavy atom. The first-order valence-corrected chi connectivity index (χ1v) is 5.47. The minimum absolute atomic E-state index is 1.20. The quantitative estimate of drug-likeness (QED) is 0.662. The van der Waals surface area contributed by atoms with Crippen molar-refractivity contribution < 1.29 is 0 Å². The minimum atomic E-state index is 1.20. The van der Waals surface area contributed by atoms with Gasteiger partial charge in [0.15, 0.2) is 0 Å². The number of aryl methyl sites for hydroxylation is 2. The minimum Gasteiger partial charge on any atom is -0.129 e. The van der Waals surface area contributed by atoms with Gasteiger partial charge in [0.05, 0.1) is 0 Å². The van der Waals surface area contributed by atoms with Crippen LogP contribution < -0.4 is 0 Å². The van der Waals surface area contributed by atoms with Gasteiger partial charge in [-0.3, -0.25) is 0 Å². The van der Waals surface area contributed by atoms with Crippen LogP contribution in [0.2, 0.25) is 0 Å². The highest BCUT2D eigenvalue weighted by molar-refractivity contribution is 9.10. The molecule has 0 bridgehead atoms. The lowest BCUT2D eigenvalue weighted by atomic mass is 10.2. The van der Waals surface area contributed by atoms with Gasteiger partial charge in [-0.2, -0.15) is 0 Å². The van der Waals surface area contributed by atoms with Gasteiger partial charge in [0.25, 0.3) is 0 Å². The molecule has 0 saturated carbocycles. The fourth-order valence-corrected chi connectivity index (χ4v) is 2.11. The first kappa shape index (κ1) is 9.14.